The molecule has 3 N–H and O–H groups in total. The van der Waals surface area contributed by atoms with Crippen molar-refractivity contribution >= 4 is 56.8 Å². The molecule has 3 fully saturated rings. The molecule has 0 unspecified atom stereocenters. The largest absolute Gasteiger partial charge is 0.507 e. The third kappa shape index (κ3) is 9.86. The molecular formula is C45H51N5O17S2. The Kier molecular flexibility index (Phi) is 15.1. The van der Waals surface area contributed by atoms with Gasteiger partial charge in [-0.25, -0.2) is 14.6 Å². The molecule has 2 aliphatic carbocycles. The summed E-state index contributed by atoms with van der Waals surface area (Å²) < 4.78 is 46.5. The zero-order valence-corrected chi connectivity index (χ0v) is 39.8. The van der Waals surface area contributed by atoms with E-state index >= 15 is 0 Å². The normalized spacial score (nSPS) is 25.9. The molecule has 24 heteroatoms. The monoisotopic (exact) mass is 997 g/mol. The zero-order chi connectivity index (χ0) is 49.3. The molecule has 2 amide bonds. The molecule has 3 aromatic rings. The summed E-state index contributed by atoms with van der Waals surface area (Å²) in [6, 6.07) is 7.29. The molecule has 8 rings (SSSR count). The van der Waals surface area contributed by atoms with E-state index in [0.29, 0.717) is 23.9 Å². The van der Waals surface area contributed by atoms with Crippen molar-refractivity contribution in [3.63, 3.8) is 0 Å². The second-order valence-corrected chi connectivity index (χ2v) is 19.4. The van der Waals surface area contributed by atoms with Crippen molar-refractivity contribution in [2.24, 2.45) is 5.18 Å². The Labute approximate surface area is 403 Å². The average Bonchev–Trinajstić information content (AvgIpc) is 3.74. The van der Waals surface area contributed by atoms with Crippen LogP contribution in [0.3, 0.4) is 0 Å². The van der Waals surface area contributed by atoms with Crippen LogP contribution in [0.4, 0.5) is 15.3 Å². The van der Waals surface area contributed by atoms with Crippen LogP contribution >= 0.6 is 21.6 Å². The van der Waals surface area contributed by atoms with Gasteiger partial charge < -0.3 is 63.0 Å². The van der Waals surface area contributed by atoms with E-state index in [-0.39, 0.29) is 65.8 Å². The van der Waals surface area contributed by atoms with Crippen LogP contribution in [0.25, 0.3) is 0 Å². The lowest BCUT2D eigenvalue weighted by Gasteiger charge is -2.43. The Morgan fingerprint density at radius 1 is 0.986 bits per heavy atom. The number of morpholine rings is 1. The molecule has 3 saturated heterocycles. The van der Waals surface area contributed by atoms with Crippen LogP contribution in [0.15, 0.2) is 46.7 Å². The number of carbonyl (C=O) groups excluding carboxylic acids is 5. The minimum Gasteiger partial charge on any atom is -0.507 e. The topological polar surface area (TPSA) is 272 Å². The van der Waals surface area contributed by atoms with E-state index in [1.165, 1.54) is 85.3 Å². The molecule has 370 valence electrons. The lowest BCUT2D eigenvalue weighted by molar-refractivity contribution is -0.256. The van der Waals surface area contributed by atoms with E-state index in [1.54, 1.807) is 13.0 Å². The third-order valence-corrected chi connectivity index (χ3v) is 15.0. The van der Waals surface area contributed by atoms with Crippen LogP contribution < -0.4 is 4.74 Å². The highest BCUT2D eigenvalue weighted by Crippen LogP contribution is 2.53. The number of rotatable bonds is 16. The van der Waals surface area contributed by atoms with Crippen LogP contribution in [-0.4, -0.2) is 181 Å². The number of phenols is 2. The number of aromatic nitrogens is 1. The first kappa shape index (κ1) is 50.0. The molecule has 0 bridgehead atoms. The van der Waals surface area contributed by atoms with E-state index < -0.39 is 114 Å². The van der Waals surface area contributed by atoms with Crippen molar-refractivity contribution < 1.29 is 77.2 Å². The van der Waals surface area contributed by atoms with Gasteiger partial charge in [0.2, 0.25) is 11.6 Å². The number of pyridine rings is 1. The Bertz CT molecular complexity index is 2500. The van der Waals surface area contributed by atoms with Gasteiger partial charge in [0.25, 0.3) is 0 Å². The highest BCUT2D eigenvalue weighted by atomic mass is 33.1. The fourth-order valence-electron chi connectivity index (χ4n) is 9.25. The lowest BCUT2D eigenvalue weighted by Crippen LogP contribution is -2.55. The van der Waals surface area contributed by atoms with E-state index in [2.05, 4.69) is 15.1 Å². The number of carbonyl (C=O) groups is 5. The van der Waals surface area contributed by atoms with Crippen LogP contribution in [0, 0.1) is 4.91 Å². The number of aromatic hydroxyl groups is 2. The van der Waals surface area contributed by atoms with E-state index in [9.17, 15) is 44.2 Å². The zero-order valence-electron chi connectivity index (χ0n) is 38.2. The van der Waals surface area contributed by atoms with Crippen LogP contribution in [0.1, 0.15) is 68.8 Å². The minimum absolute atomic E-state index is 0.0291. The number of likely N-dealkylation sites (N-methyl/N-ethyl adjacent to an activating group) is 2. The number of nitrogens with zero attached hydrogens (tertiary/aromatic N) is 5. The number of ether oxygens (including phenoxy) is 8. The number of phenolic OH excluding ortho intramolecular Hbond substituents is 2. The standard InChI is InChI=1S/C45H51N5O17S2/c1-22-40-26(50-13-14-62-42(61-5)41(50)67-40)17-31(65-22)66-28-19-45(58,18-25-33(28)39(55)35-34(37(25)53)36(52)24-7-6-8-27(60-4)32(24)38(35)54)29(51)21-64-44(57)49(3)12-11-48(2)43(56)63-15-16-68-69-30-10-9-23(47-59)20-46-30/h6-10,20,22,26,28,31,40-42,53,55,58H,11-19,21H2,1-5H3/t22-,26-,28-,31-,40+,41+,42-,45-/m0/s1. The first-order valence-corrected chi connectivity index (χ1v) is 24.2. The molecule has 1 aromatic heterocycles. The van der Waals surface area contributed by atoms with E-state index in [0.717, 1.165) is 4.90 Å². The maximum absolute atomic E-state index is 14.2. The molecule has 0 saturated carbocycles. The summed E-state index contributed by atoms with van der Waals surface area (Å²) in [5.74, 6) is -3.54. The van der Waals surface area contributed by atoms with Crippen molar-refractivity contribution in [2.45, 2.75) is 80.0 Å². The maximum Gasteiger partial charge on any atom is 0.409 e. The number of aliphatic hydroxyl groups is 1. The van der Waals surface area contributed by atoms with Gasteiger partial charge in [0.05, 0.1) is 48.8 Å². The van der Waals surface area contributed by atoms with Gasteiger partial charge in [-0.2, -0.15) is 0 Å². The predicted molar refractivity (Wildman–Crippen MR) is 243 cm³/mol. The summed E-state index contributed by atoms with van der Waals surface area (Å²) in [6.07, 6.45) is -5.90. The number of hydrogen-bond donors (Lipinski definition) is 3. The number of ketones is 3. The van der Waals surface area contributed by atoms with E-state index in [4.69, 9.17) is 37.9 Å². The number of nitroso groups, excluding NO2 is 1. The average molecular weight is 998 g/mol. The van der Waals surface area contributed by atoms with Gasteiger partial charge in [-0.1, -0.05) is 22.9 Å². The Balaban J connectivity index is 0.955. The maximum atomic E-state index is 14.2. The first-order chi connectivity index (χ1) is 33.1. The second kappa shape index (κ2) is 20.9. The molecule has 2 aromatic carbocycles. The Morgan fingerprint density at radius 2 is 1.72 bits per heavy atom. The molecule has 5 aliphatic rings. The van der Waals surface area contributed by atoms with Crippen LogP contribution in [-0.2, 0) is 44.4 Å². The van der Waals surface area contributed by atoms with Gasteiger partial charge in [0.15, 0.2) is 31.2 Å². The summed E-state index contributed by atoms with van der Waals surface area (Å²) in [7, 11) is 8.43. The second-order valence-electron chi connectivity index (χ2n) is 17.0. The van der Waals surface area contributed by atoms with Crippen LogP contribution in [0.2, 0.25) is 0 Å². The summed E-state index contributed by atoms with van der Waals surface area (Å²) in [5, 5.41) is 39.8. The van der Waals surface area contributed by atoms with Gasteiger partial charge in [0, 0.05) is 88.6 Å². The number of amides is 2. The van der Waals surface area contributed by atoms with E-state index in [1.807, 2.05) is 0 Å². The summed E-state index contributed by atoms with van der Waals surface area (Å²) in [6.45, 7) is 1.83. The fraction of sp³-hybridized carbons (Fsp3) is 0.511. The molecule has 0 spiro atoms. The van der Waals surface area contributed by atoms with Gasteiger partial charge in [0.1, 0.15) is 46.3 Å². The highest BCUT2D eigenvalue weighted by Gasteiger charge is 2.55. The Morgan fingerprint density at radius 3 is 2.42 bits per heavy atom. The molecule has 8 atom stereocenters. The van der Waals surface area contributed by atoms with Gasteiger partial charge in [-0.3, -0.25) is 19.3 Å². The summed E-state index contributed by atoms with van der Waals surface area (Å²) in [4.78, 5) is 87.3. The van der Waals surface area contributed by atoms with Gasteiger partial charge in [-0.05, 0) is 41.1 Å². The predicted octanol–water partition coefficient (Wildman–Crippen LogP) is 4.09. The third-order valence-electron chi connectivity index (χ3n) is 12.8. The van der Waals surface area contributed by atoms with Crippen molar-refractivity contribution in [1.29, 1.82) is 0 Å². The fourth-order valence-corrected chi connectivity index (χ4v) is 10.9. The Hall–Kier alpha value is -5.44. The first-order valence-electron chi connectivity index (χ1n) is 21.9. The summed E-state index contributed by atoms with van der Waals surface area (Å²) >= 11 is 0. The number of benzene rings is 2. The molecule has 4 heterocycles. The molecule has 69 heavy (non-hydrogen) atoms. The van der Waals surface area contributed by atoms with Crippen molar-refractivity contribution in [3.05, 3.63) is 74.8 Å². The van der Waals surface area contributed by atoms with Crippen molar-refractivity contribution in [2.75, 3.05) is 73.5 Å². The molecule has 3 aliphatic heterocycles. The molecular weight excluding hydrogens is 947 g/mol. The smallest absolute Gasteiger partial charge is 0.409 e. The number of methoxy groups -OCH3 is 2. The van der Waals surface area contributed by atoms with Crippen molar-refractivity contribution in [3.8, 4) is 17.2 Å². The lowest BCUT2D eigenvalue weighted by atomic mass is 9.72. The number of fused-ring (bicyclic) bond motifs is 6. The number of Topliss-reactive ketones (excluding diaryl/α,β-unsaturated/α-hetero) is 1. The van der Waals surface area contributed by atoms with Crippen LogP contribution in [0.5, 0.6) is 17.2 Å². The quantitative estimate of drug-likeness (QED) is 0.0617. The molecule has 0 radical (unpaired) electrons. The van der Waals surface area contributed by atoms with Gasteiger partial charge in [-0.15, -0.1) is 4.91 Å². The summed E-state index contributed by atoms with van der Waals surface area (Å²) in [5.41, 5.74) is -3.81. The number of hydrogen-bond acceptors (Lipinski definition) is 22. The highest BCUT2D eigenvalue weighted by molar-refractivity contribution is 8.76. The van der Waals surface area contributed by atoms with Gasteiger partial charge >= 0.3 is 12.2 Å². The molecule has 22 nitrogen and oxygen atoms in total. The van der Waals surface area contributed by atoms with Crippen molar-refractivity contribution in [1.82, 2.24) is 19.7 Å². The minimum atomic E-state index is -2.42. The SMILES string of the molecule is COc1cccc2c1C(=O)c1c(O)c3c(c(O)c1C2=O)C[C@@](O)(C(=O)COC(=O)N(C)CCN(C)C(=O)OCCSSc1ccc(N=O)cn1)C[C@@H]3O[C@H]1C[C@H]2[C@H](O[C@@H]3[C@@H](OC)OCCN32)[C@H](C)O1.